The van der Waals surface area contributed by atoms with E-state index >= 15 is 0 Å². The molecule has 0 saturated carbocycles. The van der Waals surface area contributed by atoms with Gasteiger partial charge in [0.2, 0.25) is 14.2 Å². The van der Waals surface area contributed by atoms with E-state index in [4.69, 9.17) is 32.7 Å². The molecule has 0 amide bonds. The fraction of sp³-hybridized carbons (Fsp3) is 0.360. The summed E-state index contributed by atoms with van der Waals surface area (Å²) >= 11 is 13.1. The van der Waals surface area contributed by atoms with Crippen molar-refractivity contribution in [1.82, 2.24) is 4.98 Å². The Bertz CT molecular complexity index is 1280. The molecule has 0 aliphatic heterocycles. The van der Waals surface area contributed by atoms with E-state index < -0.39 is 9.84 Å². The highest BCUT2D eigenvalue weighted by Crippen LogP contribution is 2.28. The predicted molar refractivity (Wildman–Crippen MR) is 139 cm³/mol. The van der Waals surface area contributed by atoms with Crippen molar-refractivity contribution in [3.63, 3.8) is 0 Å². The van der Waals surface area contributed by atoms with Crippen LogP contribution < -0.4 is 0 Å². The van der Waals surface area contributed by atoms with Gasteiger partial charge in [-0.2, -0.15) is 0 Å². The van der Waals surface area contributed by atoms with Gasteiger partial charge in [0, 0.05) is 27.4 Å². The highest BCUT2D eigenvalue weighted by atomic mass is 35.5. The van der Waals surface area contributed by atoms with Crippen LogP contribution in [-0.4, -0.2) is 39.2 Å². The minimum atomic E-state index is -3.84. The second-order valence-electron chi connectivity index (χ2n) is 9.32. The van der Waals surface area contributed by atoms with Crippen molar-refractivity contribution >= 4 is 50.2 Å². The van der Waals surface area contributed by atoms with Gasteiger partial charge in [-0.3, -0.25) is 4.79 Å². The van der Waals surface area contributed by atoms with Crippen LogP contribution in [0.1, 0.15) is 55.2 Å². The lowest BCUT2D eigenvalue weighted by atomic mass is 9.99. The summed E-state index contributed by atoms with van der Waals surface area (Å²) in [5.41, 5.74) is 1.24. The average molecular weight is 557 g/mol. The maximum absolute atomic E-state index is 13.1. The minimum absolute atomic E-state index is 0.0136. The molecule has 10 heteroatoms. The Balaban J connectivity index is 1.67. The van der Waals surface area contributed by atoms with Crippen molar-refractivity contribution in [2.45, 2.75) is 42.8 Å². The lowest BCUT2D eigenvalue weighted by Crippen LogP contribution is -2.17. The third kappa shape index (κ3) is 7.35. The zero-order valence-corrected chi connectivity index (χ0v) is 23.0. The lowest BCUT2D eigenvalue weighted by Gasteiger charge is -2.18. The van der Waals surface area contributed by atoms with E-state index in [2.05, 4.69) is 25.8 Å². The number of thiazole rings is 1. The number of aromatic nitrogens is 1. The molecule has 3 aromatic rings. The molecule has 6 nitrogen and oxygen atoms in total. The Morgan fingerprint density at radius 1 is 1.09 bits per heavy atom. The van der Waals surface area contributed by atoms with Crippen LogP contribution in [0.2, 0.25) is 10.0 Å². The molecule has 3 rings (SSSR count). The van der Waals surface area contributed by atoms with Crippen molar-refractivity contribution in [3.05, 3.63) is 74.7 Å². The summed E-state index contributed by atoms with van der Waals surface area (Å²) < 4.78 is 37.2. The van der Waals surface area contributed by atoms with E-state index in [1.807, 2.05) is 6.92 Å². The first-order chi connectivity index (χ1) is 16.4. The van der Waals surface area contributed by atoms with Crippen molar-refractivity contribution in [3.8, 4) is 0 Å². The Labute approximate surface area is 220 Å². The number of rotatable bonds is 10. The number of ketones is 1. The van der Waals surface area contributed by atoms with Gasteiger partial charge in [0.15, 0.2) is 5.78 Å². The number of carbonyl (C=O) groups is 1. The van der Waals surface area contributed by atoms with Crippen molar-refractivity contribution in [2.75, 3.05) is 20.0 Å². The van der Waals surface area contributed by atoms with E-state index in [0.717, 1.165) is 11.3 Å². The third-order valence-corrected chi connectivity index (χ3v) is 8.51. The number of ether oxygens (including phenoxy) is 2. The summed E-state index contributed by atoms with van der Waals surface area (Å²) in [4.78, 5) is 17.2. The zero-order valence-electron chi connectivity index (χ0n) is 19.9. The molecule has 35 heavy (non-hydrogen) atoms. The summed E-state index contributed by atoms with van der Waals surface area (Å²) in [7, 11) is -3.84. The van der Waals surface area contributed by atoms with E-state index in [-0.39, 0.29) is 43.7 Å². The quantitative estimate of drug-likeness (QED) is 0.158. The maximum atomic E-state index is 13.1. The summed E-state index contributed by atoms with van der Waals surface area (Å²) in [6.45, 7) is 9.25. The highest BCUT2D eigenvalue weighted by molar-refractivity contribution is 7.93. The maximum Gasteiger partial charge on any atom is 0.233 e. The highest BCUT2D eigenvalue weighted by Gasteiger charge is 2.24. The van der Waals surface area contributed by atoms with E-state index in [1.165, 1.54) is 30.3 Å². The number of sulfone groups is 1. The second kappa shape index (κ2) is 11.5. The first-order valence-electron chi connectivity index (χ1n) is 10.8. The SMILES string of the molecule is CC(COCOCC(C)(C)C)c1csc(S(=O)(=O)c2ccc(C(=O)c3cc(Cl)ccc3Cl)cc2)n1. The number of carbonyl (C=O) groups excluding carboxylic acids is 1. The normalized spacial score (nSPS) is 13.1. The largest absolute Gasteiger partial charge is 0.355 e. The zero-order chi connectivity index (χ0) is 25.8. The second-order valence-corrected chi connectivity index (χ2v) is 13.1. The first-order valence-corrected chi connectivity index (χ1v) is 14.0. The summed E-state index contributed by atoms with van der Waals surface area (Å²) in [5, 5.41) is 2.37. The lowest BCUT2D eigenvalue weighted by molar-refractivity contribution is -0.0768. The minimum Gasteiger partial charge on any atom is -0.355 e. The molecule has 0 saturated heterocycles. The molecule has 0 radical (unpaired) electrons. The van der Waals surface area contributed by atoms with Crippen molar-refractivity contribution in [2.24, 2.45) is 5.41 Å². The number of hydrogen-bond acceptors (Lipinski definition) is 7. The van der Waals surface area contributed by atoms with Gasteiger partial charge < -0.3 is 9.47 Å². The summed E-state index contributed by atoms with van der Waals surface area (Å²) in [5.74, 6) is -0.450. The molecule has 1 heterocycles. The average Bonchev–Trinajstić information content (AvgIpc) is 3.31. The monoisotopic (exact) mass is 555 g/mol. The number of hydrogen-bond donors (Lipinski definition) is 0. The van der Waals surface area contributed by atoms with Crippen LogP contribution >= 0.6 is 34.5 Å². The van der Waals surface area contributed by atoms with E-state index in [9.17, 15) is 13.2 Å². The predicted octanol–water partition coefficient (Wildman–Crippen LogP) is 6.65. The van der Waals surface area contributed by atoms with Gasteiger partial charge in [-0.05, 0) is 47.9 Å². The molecule has 1 unspecified atom stereocenters. The van der Waals surface area contributed by atoms with Crippen LogP contribution in [0.5, 0.6) is 0 Å². The number of benzene rings is 2. The van der Waals surface area contributed by atoms with Gasteiger partial charge in [0.1, 0.15) is 6.79 Å². The molecule has 0 aliphatic carbocycles. The number of nitrogens with zero attached hydrogens (tertiary/aromatic N) is 1. The molecular formula is C25H27Cl2NO5S2. The first kappa shape index (κ1) is 27.8. The van der Waals surface area contributed by atoms with Crippen LogP contribution in [0.4, 0.5) is 0 Å². The Kier molecular flexibility index (Phi) is 9.12. The molecule has 188 valence electrons. The standard InChI is InChI=1S/C25H27Cl2NO5S2/c1-16(12-32-15-33-14-25(2,3)4)22-13-34-24(28-22)35(30,31)19-8-5-17(6-9-19)23(29)20-11-18(26)7-10-21(20)27/h5-11,13,16H,12,14-15H2,1-4H3. The van der Waals surface area contributed by atoms with Gasteiger partial charge >= 0.3 is 0 Å². The van der Waals surface area contributed by atoms with Gasteiger partial charge in [0.05, 0.1) is 28.8 Å². The van der Waals surface area contributed by atoms with Crippen LogP contribution in [0.25, 0.3) is 0 Å². The van der Waals surface area contributed by atoms with Crippen LogP contribution in [0, 0.1) is 5.41 Å². The molecule has 0 N–H and O–H groups in total. The van der Waals surface area contributed by atoms with Gasteiger partial charge in [0.25, 0.3) is 0 Å². The summed E-state index contributed by atoms with van der Waals surface area (Å²) in [6.07, 6.45) is 0. The Morgan fingerprint density at radius 3 is 2.43 bits per heavy atom. The topological polar surface area (TPSA) is 82.6 Å². The third-order valence-electron chi connectivity index (χ3n) is 4.91. The van der Waals surface area contributed by atoms with Gasteiger partial charge in [-0.25, -0.2) is 13.4 Å². The summed E-state index contributed by atoms with van der Waals surface area (Å²) in [6, 6.07) is 10.3. The molecule has 1 aromatic heterocycles. The molecule has 1 atom stereocenters. The Hall–Kier alpha value is -1.81. The van der Waals surface area contributed by atoms with E-state index in [0.29, 0.717) is 29.5 Å². The smallest absolute Gasteiger partial charge is 0.233 e. The van der Waals surface area contributed by atoms with Crippen molar-refractivity contribution in [1.29, 1.82) is 0 Å². The molecule has 0 fully saturated rings. The molecular weight excluding hydrogens is 529 g/mol. The van der Waals surface area contributed by atoms with Gasteiger partial charge in [-0.1, -0.05) is 50.9 Å². The van der Waals surface area contributed by atoms with Gasteiger partial charge in [-0.15, -0.1) is 11.3 Å². The molecule has 0 spiro atoms. The molecule has 0 aliphatic rings. The molecule has 2 aromatic carbocycles. The van der Waals surface area contributed by atoms with E-state index in [1.54, 1.807) is 17.5 Å². The molecule has 0 bridgehead atoms. The van der Waals surface area contributed by atoms with Crippen LogP contribution in [-0.2, 0) is 19.3 Å². The fourth-order valence-electron chi connectivity index (χ4n) is 3.05. The van der Waals surface area contributed by atoms with Crippen molar-refractivity contribution < 1.29 is 22.7 Å². The Morgan fingerprint density at radius 2 is 1.77 bits per heavy atom. The fourth-order valence-corrected chi connectivity index (χ4v) is 5.95. The number of halogens is 2. The van der Waals surface area contributed by atoms with Crippen LogP contribution in [0.15, 0.2) is 57.1 Å². The van der Waals surface area contributed by atoms with Crippen LogP contribution in [0.3, 0.4) is 0 Å².